The molecule has 0 saturated heterocycles. The summed E-state index contributed by atoms with van der Waals surface area (Å²) in [5.74, 6) is -2.21. The molecule has 3 heterocycles. The molecule has 3 aromatic heterocycles. The van der Waals surface area contributed by atoms with Crippen molar-refractivity contribution in [2.75, 3.05) is 5.32 Å². The molecular formula is C21H16F4N6O3. The molecule has 0 unspecified atom stereocenters. The number of aryl methyl sites for hydroxylation is 1. The van der Waals surface area contributed by atoms with E-state index in [0.29, 0.717) is 11.5 Å². The fourth-order valence-electron chi connectivity index (χ4n) is 3.39. The second-order valence-corrected chi connectivity index (χ2v) is 7.43. The Morgan fingerprint density at radius 3 is 2.53 bits per heavy atom. The van der Waals surface area contributed by atoms with Crippen LogP contribution in [0.3, 0.4) is 0 Å². The van der Waals surface area contributed by atoms with Gasteiger partial charge < -0.3 is 15.6 Å². The molecule has 0 bridgehead atoms. The summed E-state index contributed by atoms with van der Waals surface area (Å²) < 4.78 is 60.8. The van der Waals surface area contributed by atoms with E-state index in [1.165, 1.54) is 13.0 Å². The first-order chi connectivity index (χ1) is 15.9. The molecule has 0 aliphatic rings. The lowest BCUT2D eigenvalue weighted by Crippen LogP contribution is -2.19. The van der Waals surface area contributed by atoms with Crippen molar-refractivity contribution in [2.45, 2.75) is 26.6 Å². The number of nitrogens with one attached hydrogen (secondary N) is 1. The Kier molecular flexibility index (Phi) is 5.55. The molecule has 34 heavy (non-hydrogen) atoms. The number of primary amides is 1. The summed E-state index contributed by atoms with van der Waals surface area (Å²) in [6.45, 7) is 2.84. The van der Waals surface area contributed by atoms with Gasteiger partial charge >= 0.3 is 6.18 Å². The molecule has 9 nitrogen and oxygen atoms in total. The number of pyridine rings is 1. The van der Waals surface area contributed by atoms with Crippen molar-refractivity contribution < 1.29 is 31.7 Å². The summed E-state index contributed by atoms with van der Waals surface area (Å²) in [7, 11) is 0. The normalized spacial score (nSPS) is 11.7. The number of halogens is 4. The van der Waals surface area contributed by atoms with E-state index < -0.39 is 35.2 Å². The monoisotopic (exact) mass is 476 g/mol. The molecule has 13 heteroatoms. The number of alkyl halides is 3. The summed E-state index contributed by atoms with van der Waals surface area (Å²) >= 11 is 0. The smallest absolute Gasteiger partial charge is 0.364 e. The summed E-state index contributed by atoms with van der Waals surface area (Å²) in [5.41, 5.74) is 3.05. The second kappa shape index (κ2) is 8.24. The summed E-state index contributed by atoms with van der Waals surface area (Å²) in [6, 6.07) is 5.83. The van der Waals surface area contributed by atoms with Crippen LogP contribution in [-0.2, 0) is 12.7 Å². The molecule has 4 aromatic rings. The Morgan fingerprint density at radius 2 is 1.91 bits per heavy atom. The van der Waals surface area contributed by atoms with Crippen LogP contribution in [0.2, 0.25) is 0 Å². The fraction of sp³-hybridized carbons (Fsp3) is 0.190. The molecule has 0 aliphatic heterocycles. The summed E-state index contributed by atoms with van der Waals surface area (Å²) in [6.07, 6.45) is -4.89. The van der Waals surface area contributed by atoms with Gasteiger partial charge in [0.25, 0.3) is 11.8 Å². The molecule has 1 aromatic carbocycles. The lowest BCUT2D eigenvalue weighted by Gasteiger charge is -2.11. The van der Waals surface area contributed by atoms with Gasteiger partial charge in [0.05, 0.1) is 29.0 Å². The molecule has 0 saturated carbocycles. The number of hydrogen-bond donors (Lipinski definition) is 2. The molecule has 0 aliphatic carbocycles. The zero-order chi connectivity index (χ0) is 24.8. The van der Waals surface area contributed by atoms with E-state index in [1.54, 1.807) is 13.0 Å². The third kappa shape index (κ3) is 4.31. The predicted octanol–water partition coefficient (Wildman–Crippen LogP) is 3.59. The predicted molar refractivity (Wildman–Crippen MR) is 110 cm³/mol. The van der Waals surface area contributed by atoms with Gasteiger partial charge in [-0.3, -0.25) is 14.3 Å². The highest BCUT2D eigenvalue weighted by Crippen LogP contribution is 2.36. The van der Waals surface area contributed by atoms with Crippen molar-refractivity contribution in [3.05, 3.63) is 70.2 Å². The van der Waals surface area contributed by atoms with Gasteiger partial charge in [-0.2, -0.15) is 18.3 Å². The largest absolute Gasteiger partial charge is 0.437 e. The minimum Gasteiger partial charge on any atom is -0.364 e. The van der Waals surface area contributed by atoms with Gasteiger partial charge in [0.2, 0.25) is 0 Å². The van der Waals surface area contributed by atoms with Crippen molar-refractivity contribution >= 4 is 28.4 Å². The Balaban J connectivity index is 1.78. The Hall–Kier alpha value is -4.29. The first kappa shape index (κ1) is 22.9. The molecule has 0 spiro atoms. The maximum atomic E-state index is 13.7. The van der Waals surface area contributed by atoms with Crippen molar-refractivity contribution in [1.29, 1.82) is 0 Å². The number of anilines is 1. The number of benzene rings is 1. The topological polar surface area (TPSA) is 129 Å². The van der Waals surface area contributed by atoms with Crippen LogP contribution in [-0.4, -0.2) is 31.7 Å². The number of carbonyl (C=O) groups is 2. The van der Waals surface area contributed by atoms with Crippen LogP contribution in [0.25, 0.3) is 10.9 Å². The lowest BCUT2D eigenvalue weighted by atomic mass is 10.1. The van der Waals surface area contributed by atoms with E-state index in [1.807, 2.05) is 0 Å². The number of nitrogens with zero attached hydrogens (tertiary/aromatic N) is 4. The third-order valence-electron chi connectivity index (χ3n) is 4.97. The molecule has 2 amide bonds. The molecular weight excluding hydrogens is 460 g/mol. The summed E-state index contributed by atoms with van der Waals surface area (Å²) in [4.78, 5) is 28.6. The van der Waals surface area contributed by atoms with Gasteiger partial charge in [-0.15, -0.1) is 0 Å². The van der Waals surface area contributed by atoms with E-state index in [4.69, 9.17) is 10.3 Å². The number of aromatic nitrogens is 4. The quantitative estimate of drug-likeness (QED) is 0.424. The number of carbonyl (C=O) groups excluding carboxylic acids is 2. The van der Waals surface area contributed by atoms with Crippen molar-refractivity contribution in [2.24, 2.45) is 5.73 Å². The minimum atomic E-state index is -4.89. The number of nitrogens with two attached hydrogens (primary N) is 1. The van der Waals surface area contributed by atoms with Gasteiger partial charge in [0, 0.05) is 17.5 Å². The van der Waals surface area contributed by atoms with Crippen molar-refractivity contribution in [3.8, 4) is 0 Å². The van der Waals surface area contributed by atoms with E-state index in [0.717, 1.165) is 22.9 Å². The molecule has 0 fully saturated rings. The number of rotatable bonds is 5. The van der Waals surface area contributed by atoms with Crippen molar-refractivity contribution in [1.82, 2.24) is 19.9 Å². The van der Waals surface area contributed by atoms with Crippen LogP contribution in [0.1, 0.15) is 43.7 Å². The maximum Gasteiger partial charge on any atom is 0.437 e. The van der Waals surface area contributed by atoms with Gasteiger partial charge in [0.1, 0.15) is 23.0 Å². The molecule has 0 atom stereocenters. The zero-order valence-corrected chi connectivity index (χ0v) is 17.7. The van der Waals surface area contributed by atoms with Crippen LogP contribution in [0.4, 0.5) is 23.2 Å². The van der Waals surface area contributed by atoms with E-state index in [-0.39, 0.29) is 34.4 Å². The standard InChI is InChI=1S/C21H16F4N6O3/c1-9-5-12(30-34-9)8-31-10(2)17(18(29-31)21(23,24)25)28-20(33)14-7-16(19(26)32)27-15-6-11(22)3-4-13(14)15/h3-7H,8H2,1-2H3,(H2,26,32)(H,28,33). The Morgan fingerprint density at radius 1 is 1.18 bits per heavy atom. The highest BCUT2D eigenvalue weighted by Gasteiger charge is 2.39. The average molecular weight is 476 g/mol. The lowest BCUT2D eigenvalue weighted by molar-refractivity contribution is -0.140. The Bertz CT molecular complexity index is 1440. The van der Waals surface area contributed by atoms with Crippen LogP contribution < -0.4 is 11.1 Å². The first-order valence-electron chi connectivity index (χ1n) is 9.72. The van der Waals surface area contributed by atoms with E-state index in [2.05, 4.69) is 20.6 Å². The van der Waals surface area contributed by atoms with Crippen molar-refractivity contribution in [3.63, 3.8) is 0 Å². The highest BCUT2D eigenvalue weighted by molar-refractivity contribution is 6.14. The molecule has 176 valence electrons. The number of fused-ring (bicyclic) bond motifs is 1. The van der Waals surface area contributed by atoms with E-state index in [9.17, 15) is 27.2 Å². The number of amides is 2. The Labute approximate surface area is 188 Å². The summed E-state index contributed by atoms with van der Waals surface area (Å²) in [5, 5.41) is 9.69. The molecule has 3 N–H and O–H groups in total. The van der Waals surface area contributed by atoms with Gasteiger partial charge in [-0.05, 0) is 32.0 Å². The van der Waals surface area contributed by atoms with E-state index >= 15 is 0 Å². The van der Waals surface area contributed by atoms with Crippen LogP contribution in [0.5, 0.6) is 0 Å². The maximum absolute atomic E-state index is 13.7. The average Bonchev–Trinajstić information content (AvgIpc) is 3.30. The fourth-order valence-corrected chi connectivity index (χ4v) is 3.39. The molecule has 0 radical (unpaired) electrons. The highest BCUT2D eigenvalue weighted by atomic mass is 19.4. The zero-order valence-electron chi connectivity index (χ0n) is 17.7. The van der Waals surface area contributed by atoms with Gasteiger partial charge in [0.15, 0.2) is 5.69 Å². The van der Waals surface area contributed by atoms with Crippen LogP contribution >= 0.6 is 0 Å². The SMILES string of the molecule is Cc1cc(Cn2nc(C(F)(F)F)c(NC(=O)c3cc(C(N)=O)nc4cc(F)ccc34)c2C)no1. The minimum absolute atomic E-state index is 0.000795. The van der Waals surface area contributed by atoms with Gasteiger partial charge in [-0.25, -0.2) is 9.37 Å². The van der Waals surface area contributed by atoms with Gasteiger partial charge in [-0.1, -0.05) is 5.16 Å². The third-order valence-corrected chi connectivity index (χ3v) is 4.97. The first-order valence-corrected chi connectivity index (χ1v) is 9.72. The number of hydrogen-bond acceptors (Lipinski definition) is 6. The molecule has 4 rings (SSSR count). The van der Waals surface area contributed by atoms with Crippen LogP contribution in [0, 0.1) is 19.7 Å². The second-order valence-electron chi connectivity index (χ2n) is 7.43. The van der Waals surface area contributed by atoms with Crippen LogP contribution in [0.15, 0.2) is 34.9 Å².